The second kappa shape index (κ2) is 10.3. The van der Waals surface area contributed by atoms with Crippen LogP contribution in [0.2, 0.25) is 0 Å². The lowest BCUT2D eigenvalue weighted by atomic mass is 9.93. The van der Waals surface area contributed by atoms with Crippen LogP contribution in [0, 0.1) is 5.41 Å². The van der Waals surface area contributed by atoms with Crippen molar-refractivity contribution < 1.29 is 18.3 Å². The Labute approximate surface area is 199 Å². The minimum Gasteiger partial charge on any atom is -0.429 e. The number of halogens is 2. The molecular weight excluding hydrogens is 439 g/mol. The number of hydrogen-bond acceptors (Lipinski definition) is 2. The number of carbonyl (C=O) groups excluding carboxylic acids is 1. The summed E-state index contributed by atoms with van der Waals surface area (Å²) in [4.78, 5) is 15.1. The molecule has 1 atom stereocenters. The van der Waals surface area contributed by atoms with Crippen LogP contribution >= 0.6 is 9.24 Å². The van der Waals surface area contributed by atoms with Crippen LogP contribution in [0.1, 0.15) is 72.9 Å². The monoisotopic (exact) mass is 475 g/mol. The summed E-state index contributed by atoms with van der Waals surface area (Å²) >= 11 is 0. The van der Waals surface area contributed by atoms with Gasteiger partial charge >= 0.3 is 5.85 Å². The quantitative estimate of drug-likeness (QED) is 0.393. The van der Waals surface area contributed by atoms with Gasteiger partial charge in [-0.2, -0.15) is 8.78 Å². The predicted molar refractivity (Wildman–Crippen MR) is 137 cm³/mol. The van der Waals surface area contributed by atoms with Crippen LogP contribution in [-0.2, 0) is 4.79 Å². The van der Waals surface area contributed by atoms with E-state index in [0.29, 0.717) is 12.0 Å². The van der Waals surface area contributed by atoms with Gasteiger partial charge in [0.15, 0.2) is 0 Å². The molecule has 0 heterocycles. The van der Waals surface area contributed by atoms with Crippen LogP contribution in [0.5, 0.6) is 5.75 Å². The number of amides is 1. The lowest BCUT2D eigenvalue weighted by molar-refractivity contribution is -0.139. The maximum Gasteiger partial charge on any atom is 0.408 e. The lowest BCUT2D eigenvalue weighted by Crippen LogP contribution is -2.43. The van der Waals surface area contributed by atoms with Crippen LogP contribution in [0.15, 0.2) is 53.3 Å². The van der Waals surface area contributed by atoms with E-state index in [0.717, 1.165) is 28.0 Å². The molecule has 0 N–H and O–H groups in total. The van der Waals surface area contributed by atoms with Gasteiger partial charge in [-0.25, -0.2) is 0 Å². The van der Waals surface area contributed by atoms with E-state index >= 15 is 0 Å². The number of hydrogen-bond donors (Lipinski definition) is 0. The van der Waals surface area contributed by atoms with E-state index in [1.165, 1.54) is 9.24 Å². The second-order valence-corrected chi connectivity index (χ2v) is 10.4. The van der Waals surface area contributed by atoms with Crippen molar-refractivity contribution >= 4 is 26.8 Å². The molecule has 1 aromatic carbocycles. The zero-order valence-corrected chi connectivity index (χ0v) is 22.1. The Balaban J connectivity index is 2.63. The molecule has 1 unspecified atom stereocenters. The summed E-state index contributed by atoms with van der Waals surface area (Å²) in [7, 11) is 1.43. The van der Waals surface area contributed by atoms with Crippen LogP contribution in [0.4, 0.5) is 8.78 Å². The first-order valence-electron chi connectivity index (χ1n) is 11.2. The number of alkyl halides is 2. The molecule has 2 rings (SSSR count). The first-order chi connectivity index (χ1) is 15.2. The first kappa shape index (κ1) is 27.0. The molecule has 0 radical (unpaired) electrons. The topological polar surface area (TPSA) is 29.5 Å². The predicted octanol–water partition coefficient (Wildman–Crippen LogP) is 7.81. The molecule has 0 spiro atoms. The summed E-state index contributed by atoms with van der Waals surface area (Å²) in [6.07, 6.45) is 8.34. The fourth-order valence-corrected chi connectivity index (χ4v) is 4.06. The summed E-state index contributed by atoms with van der Waals surface area (Å²) in [5, 5.41) is 0. The molecule has 1 aliphatic carbocycles. The summed E-state index contributed by atoms with van der Waals surface area (Å²) < 4.78 is 32.5. The van der Waals surface area contributed by atoms with Crippen molar-refractivity contribution in [2.75, 3.05) is 0 Å². The SMILES string of the molecule is C/C=C/c1ccc(OC(F)(F)P)c(C2=CCC(N(C(=O)C(C)(C)C)C(C)C)=C(C)C=C2C)c1. The van der Waals surface area contributed by atoms with E-state index in [1.54, 1.807) is 12.1 Å². The maximum absolute atomic E-state index is 13.7. The van der Waals surface area contributed by atoms with Crippen molar-refractivity contribution in [1.29, 1.82) is 0 Å². The Morgan fingerprint density at radius 3 is 2.36 bits per heavy atom. The van der Waals surface area contributed by atoms with E-state index in [2.05, 4.69) is 0 Å². The molecule has 0 saturated heterocycles. The first-order valence-corrected chi connectivity index (χ1v) is 11.8. The van der Waals surface area contributed by atoms with Crippen molar-refractivity contribution in [3.8, 4) is 5.75 Å². The van der Waals surface area contributed by atoms with E-state index in [4.69, 9.17) is 4.74 Å². The molecule has 1 aliphatic rings. The summed E-state index contributed by atoms with van der Waals surface area (Å²) in [6, 6.07) is 5.17. The highest BCUT2D eigenvalue weighted by atomic mass is 31.0. The fraction of sp³-hybridized carbons (Fsp3) is 0.444. The Morgan fingerprint density at radius 2 is 1.85 bits per heavy atom. The van der Waals surface area contributed by atoms with E-state index < -0.39 is 11.3 Å². The largest absolute Gasteiger partial charge is 0.429 e. The van der Waals surface area contributed by atoms with E-state index in [1.807, 2.05) is 90.7 Å². The molecule has 3 nitrogen and oxygen atoms in total. The molecular formula is C27H36F2NO2P. The van der Waals surface area contributed by atoms with Crippen molar-refractivity contribution in [2.24, 2.45) is 5.41 Å². The molecule has 1 aromatic rings. The van der Waals surface area contributed by atoms with Crippen molar-refractivity contribution in [1.82, 2.24) is 4.90 Å². The third kappa shape index (κ3) is 6.86. The molecule has 6 heteroatoms. The number of rotatable bonds is 6. The third-order valence-corrected chi connectivity index (χ3v) is 5.50. The van der Waals surface area contributed by atoms with Gasteiger partial charge in [0.1, 0.15) is 5.75 Å². The Bertz CT molecular complexity index is 1020. The standard InChI is InChI=1S/C27H36F2NO2P/c1-9-10-20-11-14-24(32-27(28,29)33)22(16-20)21-12-13-23(19(5)15-18(21)4)30(17(2)3)25(31)26(6,7)8/h9-12,14-17H,13,33H2,1-8H3/b10-9+. The zero-order chi connectivity index (χ0) is 25.1. The molecule has 0 aliphatic heterocycles. The number of nitrogens with zero attached hydrogens (tertiary/aromatic N) is 1. The Hall–Kier alpha value is -2.26. The summed E-state index contributed by atoms with van der Waals surface area (Å²) in [5.41, 5.74) is 4.59. The van der Waals surface area contributed by atoms with Gasteiger partial charge in [-0.05, 0) is 78.3 Å². The Morgan fingerprint density at radius 1 is 1.21 bits per heavy atom. The van der Waals surface area contributed by atoms with Gasteiger partial charge < -0.3 is 9.64 Å². The minimum absolute atomic E-state index is 0.0157. The summed E-state index contributed by atoms with van der Waals surface area (Å²) in [5.74, 6) is -3.22. The van der Waals surface area contributed by atoms with E-state index in [9.17, 15) is 13.6 Å². The molecule has 0 bridgehead atoms. The van der Waals surface area contributed by atoms with Crippen LogP contribution in [0.25, 0.3) is 11.6 Å². The highest BCUT2D eigenvalue weighted by Crippen LogP contribution is 2.39. The minimum atomic E-state index is -3.38. The zero-order valence-electron chi connectivity index (χ0n) is 20.9. The highest BCUT2D eigenvalue weighted by Gasteiger charge is 2.32. The number of benzene rings is 1. The number of ether oxygens (including phenoxy) is 1. The molecule has 1 amide bonds. The number of carbonyl (C=O) groups is 1. The molecule has 0 aromatic heterocycles. The van der Waals surface area contributed by atoms with Gasteiger partial charge in [0.2, 0.25) is 5.91 Å². The van der Waals surface area contributed by atoms with Crippen molar-refractivity contribution in [2.45, 2.75) is 73.7 Å². The second-order valence-electron chi connectivity index (χ2n) is 9.72. The molecule has 33 heavy (non-hydrogen) atoms. The normalized spacial score (nSPS) is 15.5. The maximum atomic E-state index is 13.7. The smallest absolute Gasteiger partial charge is 0.408 e. The van der Waals surface area contributed by atoms with Crippen molar-refractivity contribution in [3.05, 3.63) is 64.4 Å². The van der Waals surface area contributed by atoms with Crippen LogP contribution in [0.3, 0.4) is 0 Å². The summed E-state index contributed by atoms with van der Waals surface area (Å²) in [6.45, 7) is 15.6. The molecule has 0 saturated carbocycles. The van der Waals surface area contributed by atoms with Gasteiger partial charge in [0.05, 0.1) is 0 Å². The van der Waals surface area contributed by atoms with Crippen molar-refractivity contribution in [3.63, 3.8) is 0 Å². The average molecular weight is 476 g/mol. The molecule has 0 fully saturated rings. The van der Waals surface area contributed by atoms with Gasteiger partial charge in [-0.1, -0.05) is 51.1 Å². The average Bonchev–Trinajstić information content (AvgIpc) is 2.80. The fourth-order valence-electron chi connectivity index (χ4n) is 3.94. The van der Waals surface area contributed by atoms with Gasteiger partial charge in [-0.15, -0.1) is 0 Å². The van der Waals surface area contributed by atoms with E-state index in [-0.39, 0.29) is 17.7 Å². The lowest BCUT2D eigenvalue weighted by Gasteiger charge is -2.35. The van der Waals surface area contributed by atoms with Crippen LogP contribution < -0.4 is 4.74 Å². The number of allylic oxidation sites excluding steroid dienone is 6. The molecule has 180 valence electrons. The van der Waals surface area contributed by atoms with Gasteiger partial charge in [0.25, 0.3) is 0 Å². The van der Waals surface area contributed by atoms with Gasteiger partial charge in [0, 0.05) is 29.1 Å². The van der Waals surface area contributed by atoms with Gasteiger partial charge in [-0.3, -0.25) is 4.79 Å². The highest BCUT2D eigenvalue weighted by molar-refractivity contribution is 7.17. The Kier molecular flexibility index (Phi) is 8.46. The van der Waals surface area contributed by atoms with Crippen LogP contribution in [-0.4, -0.2) is 22.7 Å². The third-order valence-electron chi connectivity index (χ3n) is 5.38.